The number of aromatic nitrogens is 2. The first-order chi connectivity index (χ1) is 15.8. The van der Waals surface area contributed by atoms with Crippen molar-refractivity contribution in [1.29, 1.82) is 0 Å². The smallest absolute Gasteiger partial charge is 0.204 e. The van der Waals surface area contributed by atoms with E-state index in [-0.39, 0.29) is 5.43 Å². The predicted molar refractivity (Wildman–Crippen MR) is 129 cm³/mol. The van der Waals surface area contributed by atoms with Crippen LogP contribution >= 0.6 is 0 Å². The van der Waals surface area contributed by atoms with Crippen LogP contribution in [-0.2, 0) is 0 Å². The highest BCUT2D eigenvalue weighted by molar-refractivity contribution is 5.90. The number of ether oxygens (including phenoxy) is 1. The van der Waals surface area contributed by atoms with Gasteiger partial charge in [-0.05, 0) is 54.1 Å². The molecule has 0 atom stereocenters. The molecule has 0 aliphatic heterocycles. The summed E-state index contributed by atoms with van der Waals surface area (Å²) in [5.74, 6) is 1.54. The van der Waals surface area contributed by atoms with Crippen molar-refractivity contribution >= 4 is 23.1 Å². The highest BCUT2D eigenvalue weighted by Gasteiger charge is 2.12. The first-order valence-corrected chi connectivity index (χ1v) is 10.4. The van der Waals surface area contributed by atoms with Crippen LogP contribution in [0.5, 0.6) is 11.5 Å². The number of hydrogen-bond acceptors (Lipinski definition) is 3. The van der Waals surface area contributed by atoms with E-state index >= 15 is 0 Å². The summed E-state index contributed by atoms with van der Waals surface area (Å²) in [6, 6.07) is 34.4. The molecular formula is C28H20N2O2. The van der Waals surface area contributed by atoms with Crippen LogP contribution in [0.25, 0.3) is 28.7 Å². The lowest BCUT2D eigenvalue weighted by molar-refractivity contribution is 0.482. The van der Waals surface area contributed by atoms with E-state index in [1.807, 2.05) is 109 Å². The van der Waals surface area contributed by atoms with Gasteiger partial charge in [0.1, 0.15) is 17.0 Å². The normalized spacial score (nSPS) is 11.1. The van der Waals surface area contributed by atoms with Crippen LogP contribution in [0.2, 0.25) is 0 Å². The first kappa shape index (κ1) is 19.5. The zero-order valence-corrected chi connectivity index (χ0v) is 17.3. The summed E-state index contributed by atoms with van der Waals surface area (Å²) < 4.78 is 7.65. The fraction of sp³-hybridized carbons (Fsp3) is 0. The van der Waals surface area contributed by atoms with Crippen molar-refractivity contribution in [3.63, 3.8) is 0 Å². The molecule has 4 aromatic carbocycles. The molecule has 0 fully saturated rings. The van der Waals surface area contributed by atoms with E-state index in [1.165, 1.54) is 0 Å². The molecule has 0 aliphatic rings. The zero-order chi connectivity index (χ0) is 21.8. The van der Waals surface area contributed by atoms with Crippen LogP contribution < -0.4 is 10.2 Å². The van der Waals surface area contributed by atoms with Gasteiger partial charge in [-0.3, -0.25) is 4.79 Å². The number of hydrogen-bond donors (Lipinski definition) is 0. The Morgan fingerprint density at radius 3 is 2.19 bits per heavy atom. The molecule has 1 aromatic heterocycles. The lowest BCUT2D eigenvalue weighted by Crippen LogP contribution is -2.04. The van der Waals surface area contributed by atoms with Gasteiger partial charge in [-0.2, -0.15) is 5.10 Å². The Hall–Kier alpha value is -4.44. The largest absolute Gasteiger partial charge is 0.457 e. The Morgan fingerprint density at radius 1 is 0.688 bits per heavy atom. The molecule has 4 heteroatoms. The Labute approximate surface area is 185 Å². The van der Waals surface area contributed by atoms with E-state index in [9.17, 15) is 4.79 Å². The number of rotatable bonds is 5. The molecule has 0 radical (unpaired) electrons. The lowest BCUT2D eigenvalue weighted by atomic mass is 10.1. The summed E-state index contributed by atoms with van der Waals surface area (Å²) in [5, 5.41) is 5.55. The summed E-state index contributed by atoms with van der Waals surface area (Å²) in [6.45, 7) is 0. The van der Waals surface area contributed by atoms with Crippen LogP contribution in [0.3, 0.4) is 0 Å². The number of para-hydroxylation sites is 2. The average molecular weight is 416 g/mol. The van der Waals surface area contributed by atoms with Crippen LogP contribution in [0.4, 0.5) is 0 Å². The second-order valence-corrected chi connectivity index (χ2v) is 7.30. The maximum atomic E-state index is 12.8. The van der Waals surface area contributed by atoms with E-state index in [1.54, 1.807) is 16.8 Å². The van der Waals surface area contributed by atoms with Gasteiger partial charge in [0.25, 0.3) is 0 Å². The molecule has 0 unspecified atom stereocenters. The summed E-state index contributed by atoms with van der Waals surface area (Å²) in [5.41, 5.74) is 3.04. The van der Waals surface area contributed by atoms with E-state index in [2.05, 4.69) is 0 Å². The van der Waals surface area contributed by atoms with Crippen LogP contribution in [0.1, 0.15) is 11.3 Å². The van der Waals surface area contributed by atoms with Gasteiger partial charge in [-0.1, -0.05) is 72.8 Å². The molecule has 0 N–H and O–H groups in total. The minimum absolute atomic E-state index is 0.0701. The highest BCUT2D eigenvalue weighted by atomic mass is 16.5. The first-order valence-electron chi connectivity index (χ1n) is 10.4. The summed E-state index contributed by atoms with van der Waals surface area (Å²) in [7, 11) is 0. The van der Waals surface area contributed by atoms with Crippen molar-refractivity contribution in [3.8, 4) is 17.2 Å². The van der Waals surface area contributed by atoms with Gasteiger partial charge in [0, 0.05) is 5.39 Å². The maximum absolute atomic E-state index is 12.8. The van der Waals surface area contributed by atoms with Crippen molar-refractivity contribution in [2.24, 2.45) is 0 Å². The average Bonchev–Trinajstić information content (AvgIpc) is 3.09. The second kappa shape index (κ2) is 8.74. The van der Waals surface area contributed by atoms with Gasteiger partial charge >= 0.3 is 0 Å². The van der Waals surface area contributed by atoms with E-state index in [0.717, 1.165) is 33.8 Å². The number of nitrogens with zero attached hydrogens (tertiary/aromatic N) is 2. The third-order valence-electron chi connectivity index (χ3n) is 5.08. The highest BCUT2D eigenvalue weighted by Crippen LogP contribution is 2.24. The lowest BCUT2D eigenvalue weighted by Gasteiger charge is -2.05. The topological polar surface area (TPSA) is 44.1 Å². The molecule has 154 valence electrons. The Balaban J connectivity index is 1.54. The quantitative estimate of drug-likeness (QED) is 0.335. The monoisotopic (exact) mass is 416 g/mol. The van der Waals surface area contributed by atoms with Gasteiger partial charge in [-0.25, -0.2) is 4.68 Å². The third-order valence-corrected chi connectivity index (χ3v) is 5.08. The van der Waals surface area contributed by atoms with Gasteiger partial charge in [0.2, 0.25) is 5.43 Å². The van der Waals surface area contributed by atoms with Crippen molar-refractivity contribution in [2.75, 3.05) is 0 Å². The minimum Gasteiger partial charge on any atom is -0.457 e. The van der Waals surface area contributed by atoms with Crippen molar-refractivity contribution in [1.82, 2.24) is 9.78 Å². The molecule has 4 nitrogen and oxygen atoms in total. The Kier molecular flexibility index (Phi) is 5.33. The molecule has 0 amide bonds. The van der Waals surface area contributed by atoms with Crippen LogP contribution in [-0.4, -0.2) is 9.78 Å². The van der Waals surface area contributed by atoms with Crippen molar-refractivity contribution in [3.05, 3.63) is 131 Å². The SMILES string of the molecule is O=c1ccccc2c(/C=C\c3cccc(Oc4ccccc4)c3)nn(-c3ccccc3)c12. The van der Waals surface area contributed by atoms with Crippen molar-refractivity contribution < 1.29 is 4.74 Å². The zero-order valence-electron chi connectivity index (χ0n) is 17.3. The Morgan fingerprint density at radius 2 is 1.38 bits per heavy atom. The minimum atomic E-state index is -0.0701. The van der Waals surface area contributed by atoms with Gasteiger partial charge in [0.15, 0.2) is 0 Å². The second-order valence-electron chi connectivity index (χ2n) is 7.30. The molecule has 1 heterocycles. The predicted octanol–water partition coefficient (Wildman–Crippen LogP) is 6.35. The van der Waals surface area contributed by atoms with Gasteiger partial charge in [0.05, 0.1) is 11.4 Å². The van der Waals surface area contributed by atoms with Crippen LogP contribution in [0, 0.1) is 0 Å². The fourth-order valence-corrected chi connectivity index (χ4v) is 3.58. The molecule has 5 aromatic rings. The molecular weight excluding hydrogens is 396 g/mol. The molecule has 0 saturated heterocycles. The van der Waals surface area contributed by atoms with E-state index in [0.29, 0.717) is 5.52 Å². The molecule has 5 rings (SSSR count). The standard InChI is InChI=1S/C28H20N2O2/c31-27-17-8-7-16-25-26(29-30(28(25)27)22-11-3-1-4-12-22)19-18-21-10-9-15-24(20-21)32-23-13-5-2-6-14-23/h1-20H/b19-18-. The summed E-state index contributed by atoms with van der Waals surface area (Å²) in [4.78, 5) is 12.8. The number of fused-ring (bicyclic) bond motifs is 1. The van der Waals surface area contributed by atoms with Crippen molar-refractivity contribution in [2.45, 2.75) is 0 Å². The van der Waals surface area contributed by atoms with Gasteiger partial charge in [-0.15, -0.1) is 0 Å². The summed E-state index contributed by atoms with van der Waals surface area (Å²) >= 11 is 0. The molecule has 0 aliphatic carbocycles. The number of benzene rings is 3. The molecule has 32 heavy (non-hydrogen) atoms. The fourth-order valence-electron chi connectivity index (χ4n) is 3.58. The third kappa shape index (κ3) is 4.07. The van der Waals surface area contributed by atoms with Crippen LogP contribution in [0.15, 0.2) is 114 Å². The summed E-state index contributed by atoms with van der Waals surface area (Å²) in [6.07, 6.45) is 3.91. The Bertz CT molecular complexity index is 1460. The van der Waals surface area contributed by atoms with E-state index < -0.39 is 0 Å². The maximum Gasteiger partial charge on any atom is 0.204 e. The molecule has 0 spiro atoms. The molecule has 0 saturated carbocycles. The molecule has 0 bridgehead atoms. The van der Waals surface area contributed by atoms with Gasteiger partial charge < -0.3 is 4.74 Å². The van der Waals surface area contributed by atoms with E-state index in [4.69, 9.17) is 9.84 Å².